The fourth-order valence-corrected chi connectivity index (χ4v) is 4.82. The lowest BCUT2D eigenvalue weighted by atomic mass is 10.2. The standard InChI is InChI=1S/C23H23N3O2S2/c27-21(25-13-11-24(12-14-25)16-19-9-5-2-6-10-19)17-26-22(28)20(30-23(26)29)15-18-7-3-1-4-8-18/h1-10,15H,11-14,16-17H2/b20-15-. The van der Waals surface area contributed by atoms with Gasteiger partial charge in [-0.25, -0.2) is 0 Å². The zero-order chi connectivity index (χ0) is 20.9. The van der Waals surface area contributed by atoms with Gasteiger partial charge in [-0.3, -0.25) is 19.4 Å². The molecule has 0 bridgehead atoms. The van der Waals surface area contributed by atoms with Crippen LogP contribution in [0.25, 0.3) is 6.08 Å². The fraction of sp³-hybridized carbons (Fsp3) is 0.261. The molecule has 0 spiro atoms. The third kappa shape index (κ3) is 4.98. The van der Waals surface area contributed by atoms with Crippen LogP contribution in [0.4, 0.5) is 0 Å². The smallest absolute Gasteiger partial charge is 0.266 e. The summed E-state index contributed by atoms with van der Waals surface area (Å²) in [5.41, 5.74) is 2.22. The van der Waals surface area contributed by atoms with Crippen LogP contribution < -0.4 is 0 Å². The number of carbonyl (C=O) groups excluding carboxylic acids is 2. The van der Waals surface area contributed by atoms with E-state index in [1.54, 1.807) is 0 Å². The van der Waals surface area contributed by atoms with E-state index in [4.69, 9.17) is 12.2 Å². The van der Waals surface area contributed by atoms with Gasteiger partial charge in [0.15, 0.2) is 0 Å². The largest absolute Gasteiger partial charge is 0.339 e. The molecule has 0 aromatic heterocycles. The van der Waals surface area contributed by atoms with Crippen molar-refractivity contribution < 1.29 is 9.59 Å². The van der Waals surface area contributed by atoms with E-state index >= 15 is 0 Å². The Kier molecular flexibility index (Phi) is 6.62. The van der Waals surface area contributed by atoms with E-state index in [9.17, 15) is 9.59 Å². The maximum Gasteiger partial charge on any atom is 0.266 e. The first-order valence-corrected chi connectivity index (χ1v) is 11.2. The molecule has 2 amide bonds. The second-order valence-corrected chi connectivity index (χ2v) is 9.00. The number of piperazine rings is 1. The number of thioether (sulfide) groups is 1. The van der Waals surface area contributed by atoms with Gasteiger partial charge in [0.2, 0.25) is 5.91 Å². The van der Waals surface area contributed by atoms with Gasteiger partial charge in [-0.15, -0.1) is 0 Å². The van der Waals surface area contributed by atoms with Crippen LogP contribution in [0.15, 0.2) is 65.6 Å². The predicted octanol–water partition coefficient (Wildman–Crippen LogP) is 3.23. The van der Waals surface area contributed by atoms with Gasteiger partial charge in [0, 0.05) is 32.7 Å². The number of hydrogen-bond donors (Lipinski definition) is 0. The summed E-state index contributed by atoms with van der Waals surface area (Å²) in [6, 6.07) is 20.0. The minimum Gasteiger partial charge on any atom is -0.339 e. The lowest BCUT2D eigenvalue weighted by Crippen LogP contribution is -2.51. The highest BCUT2D eigenvalue weighted by Crippen LogP contribution is 2.32. The van der Waals surface area contributed by atoms with E-state index in [-0.39, 0.29) is 18.4 Å². The van der Waals surface area contributed by atoms with Crippen LogP contribution >= 0.6 is 24.0 Å². The van der Waals surface area contributed by atoms with E-state index in [1.165, 1.54) is 22.2 Å². The average Bonchev–Trinajstić information content (AvgIpc) is 3.03. The Bertz CT molecular complexity index is 955. The van der Waals surface area contributed by atoms with Crippen molar-refractivity contribution in [3.63, 3.8) is 0 Å². The second-order valence-electron chi connectivity index (χ2n) is 7.32. The maximum atomic E-state index is 12.8. The van der Waals surface area contributed by atoms with Crippen molar-refractivity contribution in [3.8, 4) is 0 Å². The zero-order valence-electron chi connectivity index (χ0n) is 16.6. The Morgan fingerprint density at radius 1 is 0.967 bits per heavy atom. The van der Waals surface area contributed by atoms with Gasteiger partial charge >= 0.3 is 0 Å². The number of carbonyl (C=O) groups is 2. The van der Waals surface area contributed by atoms with Crippen LogP contribution in [0.2, 0.25) is 0 Å². The topological polar surface area (TPSA) is 43.9 Å². The van der Waals surface area contributed by atoms with E-state index in [0.29, 0.717) is 22.3 Å². The molecule has 7 heteroatoms. The molecule has 0 atom stereocenters. The third-order valence-corrected chi connectivity index (χ3v) is 6.62. The first-order chi connectivity index (χ1) is 14.6. The first-order valence-electron chi connectivity index (χ1n) is 9.94. The summed E-state index contributed by atoms with van der Waals surface area (Å²) in [7, 11) is 0. The van der Waals surface area contributed by atoms with Crippen LogP contribution in [-0.2, 0) is 16.1 Å². The molecule has 0 aliphatic carbocycles. The lowest BCUT2D eigenvalue weighted by molar-refractivity contribution is -0.136. The molecule has 2 saturated heterocycles. The van der Waals surface area contributed by atoms with E-state index < -0.39 is 0 Å². The van der Waals surface area contributed by atoms with Crippen LogP contribution in [0.5, 0.6) is 0 Å². The minimum absolute atomic E-state index is 0.00941. The molecule has 2 heterocycles. The van der Waals surface area contributed by atoms with Crippen LogP contribution in [0, 0.1) is 0 Å². The Balaban J connectivity index is 1.31. The molecule has 4 rings (SSSR count). The van der Waals surface area contributed by atoms with Gasteiger partial charge in [0.25, 0.3) is 5.91 Å². The fourth-order valence-electron chi connectivity index (χ4n) is 3.57. The Morgan fingerprint density at radius 2 is 1.60 bits per heavy atom. The van der Waals surface area contributed by atoms with Crippen LogP contribution in [0.1, 0.15) is 11.1 Å². The molecule has 2 aromatic carbocycles. The highest BCUT2D eigenvalue weighted by atomic mass is 32.2. The molecule has 2 aromatic rings. The Hall–Kier alpha value is -2.48. The van der Waals surface area contributed by atoms with Gasteiger partial charge < -0.3 is 4.90 Å². The average molecular weight is 438 g/mol. The molecule has 30 heavy (non-hydrogen) atoms. The summed E-state index contributed by atoms with van der Waals surface area (Å²) >= 11 is 6.63. The van der Waals surface area contributed by atoms with Crippen molar-refractivity contribution >= 4 is 46.2 Å². The molecule has 2 aliphatic heterocycles. The molecule has 0 unspecified atom stereocenters. The van der Waals surface area contributed by atoms with Crippen molar-refractivity contribution in [1.29, 1.82) is 0 Å². The van der Waals surface area contributed by atoms with Crippen molar-refractivity contribution in [2.24, 2.45) is 0 Å². The van der Waals surface area contributed by atoms with Crippen molar-refractivity contribution in [3.05, 3.63) is 76.7 Å². The maximum absolute atomic E-state index is 12.8. The minimum atomic E-state index is -0.190. The lowest BCUT2D eigenvalue weighted by Gasteiger charge is -2.35. The molecular weight excluding hydrogens is 414 g/mol. The highest BCUT2D eigenvalue weighted by Gasteiger charge is 2.34. The molecule has 2 fully saturated rings. The molecule has 5 nitrogen and oxygen atoms in total. The van der Waals surface area contributed by atoms with Crippen LogP contribution in [-0.4, -0.2) is 63.6 Å². The number of rotatable bonds is 5. The summed E-state index contributed by atoms with van der Waals surface area (Å²) in [5.74, 6) is -0.239. The van der Waals surface area contributed by atoms with Gasteiger partial charge in [-0.05, 0) is 17.2 Å². The summed E-state index contributed by atoms with van der Waals surface area (Å²) < 4.78 is 0.443. The second kappa shape index (κ2) is 9.55. The Morgan fingerprint density at radius 3 is 2.27 bits per heavy atom. The number of benzene rings is 2. The zero-order valence-corrected chi connectivity index (χ0v) is 18.2. The predicted molar refractivity (Wildman–Crippen MR) is 125 cm³/mol. The summed E-state index contributed by atoms with van der Waals surface area (Å²) in [6.07, 6.45) is 1.83. The summed E-state index contributed by atoms with van der Waals surface area (Å²) in [4.78, 5) is 31.7. The van der Waals surface area contributed by atoms with Gasteiger partial charge in [-0.1, -0.05) is 84.6 Å². The van der Waals surface area contributed by atoms with Gasteiger partial charge in [0.05, 0.1) is 4.91 Å². The Labute approximate surface area is 186 Å². The normalized spacial score (nSPS) is 19.0. The van der Waals surface area contributed by atoms with E-state index in [0.717, 1.165) is 25.2 Å². The third-order valence-electron chi connectivity index (χ3n) is 5.24. The quantitative estimate of drug-likeness (QED) is 0.531. The van der Waals surface area contributed by atoms with Crippen molar-refractivity contribution in [1.82, 2.24) is 14.7 Å². The van der Waals surface area contributed by atoms with Gasteiger partial charge in [0.1, 0.15) is 10.9 Å². The molecule has 154 valence electrons. The highest BCUT2D eigenvalue weighted by molar-refractivity contribution is 8.26. The number of nitrogens with zero attached hydrogens (tertiary/aromatic N) is 3. The molecule has 0 N–H and O–H groups in total. The summed E-state index contributed by atoms with van der Waals surface area (Å²) in [5, 5.41) is 0. The van der Waals surface area contributed by atoms with Crippen molar-refractivity contribution in [2.45, 2.75) is 6.54 Å². The first kappa shape index (κ1) is 20.8. The number of hydrogen-bond acceptors (Lipinski definition) is 5. The SMILES string of the molecule is O=C(CN1C(=O)/C(=C/c2ccccc2)SC1=S)N1CCN(Cc2ccccc2)CC1. The summed E-state index contributed by atoms with van der Waals surface area (Å²) in [6.45, 7) is 3.89. The number of thiocarbonyl (C=S) groups is 1. The molecule has 0 radical (unpaired) electrons. The van der Waals surface area contributed by atoms with Gasteiger partial charge in [-0.2, -0.15) is 0 Å². The van der Waals surface area contributed by atoms with E-state index in [2.05, 4.69) is 17.0 Å². The van der Waals surface area contributed by atoms with Crippen molar-refractivity contribution in [2.75, 3.05) is 32.7 Å². The molecule has 2 aliphatic rings. The monoisotopic (exact) mass is 437 g/mol. The van der Waals surface area contributed by atoms with E-state index in [1.807, 2.05) is 59.5 Å². The van der Waals surface area contributed by atoms with Crippen LogP contribution in [0.3, 0.4) is 0 Å². The number of amides is 2. The molecular formula is C23H23N3O2S2. The molecule has 0 saturated carbocycles.